The molecule has 0 aromatic heterocycles. The first-order valence-corrected chi connectivity index (χ1v) is 8.59. The molecular weight excluding hydrogens is 320 g/mol. The summed E-state index contributed by atoms with van der Waals surface area (Å²) in [5.41, 5.74) is 1.44. The van der Waals surface area contributed by atoms with Gasteiger partial charge in [-0.3, -0.25) is 9.59 Å². The number of ether oxygens (including phenoxy) is 1. The normalized spacial score (nSPS) is 19.1. The average molecular weight is 348 g/mol. The summed E-state index contributed by atoms with van der Waals surface area (Å²) in [6.07, 6.45) is 0.736. The molecule has 2 rings (SSSR count). The van der Waals surface area contributed by atoms with Crippen LogP contribution in [0.4, 0.5) is 5.69 Å². The first-order valence-electron chi connectivity index (χ1n) is 8.59. The second-order valence-corrected chi connectivity index (χ2v) is 6.33. The summed E-state index contributed by atoms with van der Waals surface area (Å²) >= 11 is 0. The molecule has 2 N–H and O–H groups in total. The number of benzene rings is 1. The summed E-state index contributed by atoms with van der Waals surface area (Å²) in [5, 5.41) is 6.03. The van der Waals surface area contributed by atoms with Gasteiger partial charge in [-0.15, -0.1) is 0 Å². The number of hydrogen-bond donors (Lipinski definition) is 2. The summed E-state index contributed by atoms with van der Waals surface area (Å²) in [4.78, 5) is 28.7. The van der Waals surface area contributed by atoms with Crippen LogP contribution in [0.1, 0.15) is 27.6 Å². The number of nitrogens with zero attached hydrogens (tertiary/aromatic N) is 2. The minimum absolute atomic E-state index is 0.0216. The van der Waals surface area contributed by atoms with Crippen LogP contribution in [0.3, 0.4) is 0 Å². The number of carbonyl (C=O) groups is 2. The molecule has 1 aliphatic heterocycles. The van der Waals surface area contributed by atoms with Crippen molar-refractivity contribution in [3.63, 3.8) is 0 Å². The predicted octanol–water partition coefficient (Wildman–Crippen LogP) is 0.915. The summed E-state index contributed by atoms with van der Waals surface area (Å²) in [6.45, 7) is 6.66. The Bertz CT molecular complexity index is 621. The first-order chi connectivity index (χ1) is 12.0. The van der Waals surface area contributed by atoms with Crippen molar-refractivity contribution in [2.45, 2.75) is 13.0 Å². The largest absolute Gasteiger partial charge is 0.496 e. The molecular formula is C18H28N4O3. The molecule has 1 atom stereocenters. The maximum absolute atomic E-state index is 12.8. The van der Waals surface area contributed by atoms with E-state index in [-0.39, 0.29) is 11.9 Å². The van der Waals surface area contributed by atoms with Crippen LogP contribution >= 0.6 is 0 Å². The van der Waals surface area contributed by atoms with E-state index >= 15 is 0 Å². The van der Waals surface area contributed by atoms with E-state index in [1.165, 1.54) is 7.11 Å². The van der Waals surface area contributed by atoms with Crippen LogP contribution in [0, 0.1) is 0 Å². The highest BCUT2D eigenvalue weighted by atomic mass is 16.5. The molecule has 1 aromatic rings. The number of carbonyl (C=O) groups excluding carboxylic acids is 2. The number of rotatable bonds is 6. The van der Waals surface area contributed by atoms with E-state index < -0.39 is 0 Å². The summed E-state index contributed by atoms with van der Waals surface area (Å²) in [6, 6.07) is 3.27. The van der Waals surface area contributed by atoms with Gasteiger partial charge in [0, 0.05) is 50.5 Å². The summed E-state index contributed by atoms with van der Waals surface area (Å²) in [5.74, 6) is 0.223. The average Bonchev–Trinajstić information content (AvgIpc) is 2.80. The van der Waals surface area contributed by atoms with Gasteiger partial charge in [0.05, 0.1) is 18.7 Å². The van der Waals surface area contributed by atoms with E-state index in [1.807, 2.05) is 0 Å². The van der Waals surface area contributed by atoms with Crippen molar-refractivity contribution in [1.29, 1.82) is 0 Å². The molecule has 1 heterocycles. The number of aldehydes is 1. The van der Waals surface area contributed by atoms with E-state index in [9.17, 15) is 9.59 Å². The fourth-order valence-corrected chi connectivity index (χ4v) is 3.14. The maximum atomic E-state index is 12.8. The molecule has 0 radical (unpaired) electrons. The quantitative estimate of drug-likeness (QED) is 0.745. The molecule has 0 aliphatic carbocycles. The molecule has 1 aromatic carbocycles. The monoisotopic (exact) mass is 348 g/mol. The Morgan fingerprint density at radius 2 is 2.12 bits per heavy atom. The molecule has 0 saturated carbocycles. The molecule has 1 saturated heterocycles. The number of likely N-dealkylation sites (N-methyl/N-ethyl adjacent to an activating group) is 2. The third-order valence-corrected chi connectivity index (χ3v) is 4.60. The Labute approximate surface area is 149 Å². The van der Waals surface area contributed by atoms with Crippen LogP contribution < -0.4 is 15.4 Å². The van der Waals surface area contributed by atoms with Gasteiger partial charge in [0.1, 0.15) is 5.75 Å². The lowest BCUT2D eigenvalue weighted by molar-refractivity contribution is 0.0922. The first kappa shape index (κ1) is 19.2. The van der Waals surface area contributed by atoms with Crippen LogP contribution in [0.2, 0.25) is 0 Å². The third kappa shape index (κ3) is 4.70. The second kappa shape index (κ2) is 8.82. The predicted molar refractivity (Wildman–Crippen MR) is 98.8 cm³/mol. The number of amides is 1. The lowest BCUT2D eigenvalue weighted by Crippen LogP contribution is -2.46. The summed E-state index contributed by atoms with van der Waals surface area (Å²) in [7, 11) is 5.30. The highest BCUT2D eigenvalue weighted by Gasteiger charge is 2.24. The van der Waals surface area contributed by atoms with E-state index in [1.54, 1.807) is 19.2 Å². The van der Waals surface area contributed by atoms with Crippen LogP contribution in [0.15, 0.2) is 12.1 Å². The van der Waals surface area contributed by atoms with Gasteiger partial charge in [0.15, 0.2) is 6.29 Å². The number of methoxy groups -OCH3 is 1. The van der Waals surface area contributed by atoms with Crippen molar-refractivity contribution < 1.29 is 14.3 Å². The van der Waals surface area contributed by atoms with E-state index in [4.69, 9.17) is 4.74 Å². The highest BCUT2D eigenvalue weighted by molar-refractivity contribution is 6.00. The number of anilines is 1. The SMILES string of the molecule is CCN1CCN(C)CC(NC(=O)c2cc(C=O)c(NC)cc2OC)C1. The van der Waals surface area contributed by atoms with Gasteiger partial charge < -0.3 is 25.2 Å². The molecule has 138 valence electrons. The molecule has 1 amide bonds. The molecule has 7 nitrogen and oxygen atoms in total. The van der Waals surface area contributed by atoms with Gasteiger partial charge in [-0.2, -0.15) is 0 Å². The Morgan fingerprint density at radius 1 is 1.36 bits per heavy atom. The second-order valence-electron chi connectivity index (χ2n) is 6.33. The molecule has 1 aliphatic rings. The molecule has 0 spiro atoms. The molecule has 25 heavy (non-hydrogen) atoms. The topological polar surface area (TPSA) is 73.9 Å². The fraction of sp³-hybridized carbons (Fsp3) is 0.556. The Balaban J connectivity index is 2.22. The number of hydrogen-bond acceptors (Lipinski definition) is 6. The van der Waals surface area contributed by atoms with Crippen molar-refractivity contribution >= 4 is 17.9 Å². The molecule has 1 fully saturated rings. The van der Waals surface area contributed by atoms with Gasteiger partial charge in [-0.25, -0.2) is 0 Å². The van der Waals surface area contributed by atoms with Crippen molar-refractivity contribution in [2.24, 2.45) is 0 Å². The van der Waals surface area contributed by atoms with Gasteiger partial charge in [0.25, 0.3) is 5.91 Å². The minimum Gasteiger partial charge on any atom is -0.496 e. The van der Waals surface area contributed by atoms with Gasteiger partial charge in [0.2, 0.25) is 0 Å². The Morgan fingerprint density at radius 3 is 2.72 bits per heavy atom. The van der Waals surface area contributed by atoms with Gasteiger partial charge in [-0.1, -0.05) is 6.92 Å². The van der Waals surface area contributed by atoms with Crippen LogP contribution in [-0.4, -0.2) is 82.0 Å². The fourth-order valence-electron chi connectivity index (χ4n) is 3.14. The lowest BCUT2D eigenvalue weighted by Gasteiger charge is -2.24. The summed E-state index contributed by atoms with van der Waals surface area (Å²) < 4.78 is 5.35. The highest BCUT2D eigenvalue weighted by Crippen LogP contribution is 2.26. The minimum atomic E-state index is -0.223. The Kier molecular flexibility index (Phi) is 6.78. The zero-order chi connectivity index (χ0) is 18.4. The standard InChI is InChI=1S/C18H28N4O3/c1-5-22-7-6-21(3)10-14(11-22)20-18(24)15-8-13(12-23)16(19-2)9-17(15)25-4/h8-9,12,14,19H,5-7,10-11H2,1-4H3,(H,20,24). The lowest BCUT2D eigenvalue weighted by atomic mass is 10.1. The zero-order valence-corrected chi connectivity index (χ0v) is 15.5. The van der Waals surface area contributed by atoms with Crippen molar-refractivity contribution in [3.8, 4) is 5.75 Å². The van der Waals surface area contributed by atoms with E-state index in [0.29, 0.717) is 22.6 Å². The van der Waals surface area contributed by atoms with Crippen LogP contribution in [-0.2, 0) is 0 Å². The maximum Gasteiger partial charge on any atom is 0.255 e. The molecule has 7 heteroatoms. The zero-order valence-electron chi connectivity index (χ0n) is 15.5. The Hall–Kier alpha value is -2.12. The molecule has 0 bridgehead atoms. The third-order valence-electron chi connectivity index (χ3n) is 4.60. The van der Waals surface area contributed by atoms with Crippen molar-refractivity contribution in [2.75, 3.05) is 59.2 Å². The van der Waals surface area contributed by atoms with E-state index in [2.05, 4.69) is 34.4 Å². The smallest absolute Gasteiger partial charge is 0.255 e. The van der Waals surface area contributed by atoms with Crippen LogP contribution in [0.5, 0.6) is 5.75 Å². The van der Waals surface area contributed by atoms with Crippen LogP contribution in [0.25, 0.3) is 0 Å². The van der Waals surface area contributed by atoms with Crippen molar-refractivity contribution in [3.05, 3.63) is 23.3 Å². The van der Waals surface area contributed by atoms with Gasteiger partial charge in [-0.05, 0) is 19.7 Å². The van der Waals surface area contributed by atoms with E-state index in [0.717, 1.165) is 39.0 Å². The van der Waals surface area contributed by atoms with Gasteiger partial charge >= 0.3 is 0 Å². The molecule has 1 unspecified atom stereocenters. The number of nitrogens with one attached hydrogen (secondary N) is 2. The van der Waals surface area contributed by atoms with Crippen molar-refractivity contribution in [1.82, 2.24) is 15.1 Å².